The lowest BCUT2D eigenvalue weighted by Crippen LogP contribution is -2.30. The molecule has 116 valence electrons. The van der Waals surface area contributed by atoms with Crippen LogP contribution in [0.3, 0.4) is 0 Å². The maximum Gasteiger partial charge on any atom is 0.230 e. The SMILES string of the molecule is CC(C)CC(NC(=O)CSc1ncccn1)c1ccccc1. The number of thioether (sulfide) groups is 1. The van der Waals surface area contributed by atoms with E-state index in [1.165, 1.54) is 11.8 Å². The van der Waals surface area contributed by atoms with Crippen molar-refractivity contribution in [2.75, 3.05) is 5.75 Å². The molecule has 22 heavy (non-hydrogen) atoms. The Morgan fingerprint density at radius 1 is 1.14 bits per heavy atom. The van der Waals surface area contributed by atoms with E-state index in [1.54, 1.807) is 18.5 Å². The molecule has 0 spiro atoms. The van der Waals surface area contributed by atoms with E-state index in [4.69, 9.17) is 0 Å². The third-order valence-corrected chi connectivity index (χ3v) is 3.99. The summed E-state index contributed by atoms with van der Waals surface area (Å²) in [4.78, 5) is 20.4. The van der Waals surface area contributed by atoms with Crippen molar-refractivity contribution < 1.29 is 4.79 Å². The van der Waals surface area contributed by atoms with E-state index in [1.807, 2.05) is 18.2 Å². The number of amides is 1. The molecule has 0 aliphatic carbocycles. The number of carbonyl (C=O) groups is 1. The van der Waals surface area contributed by atoms with E-state index in [2.05, 4.69) is 41.3 Å². The lowest BCUT2D eigenvalue weighted by Gasteiger charge is -2.21. The van der Waals surface area contributed by atoms with E-state index < -0.39 is 0 Å². The molecule has 2 rings (SSSR count). The largest absolute Gasteiger partial charge is 0.349 e. The molecule has 0 fully saturated rings. The van der Waals surface area contributed by atoms with E-state index in [0.29, 0.717) is 16.8 Å². The van der Waals surface area contributed by atoms with Gasteiger partial charge in [0, 0.05) is 12.4 Å². The Morgan fingerprint density at radius 2 is 1.82 bits per heavy atom. The molecular formula is C17H21N3OS. The van der Waals surface area contributed by atoms with Crippen LogP contribution in [0.15, 0.2) is 53.9 Å². The molecule has 0 aliphatic rings. The number of benzene rings is 1. The first-order valence-corrected chi connectivity index (χ1v) is 8.38. The fraction of sp³-hybridized carbons (Fsp3) is 0.353. The van der Waals surface area contributed by atoms with Crippen LogP contribution >= 0.6 is 11.8 Å². The van der Waals surface area contributed by atoms with Crippen molar-refractivity contribution in [1.29, 1.82) is 0 Å². The summed E-state index contributed by atoms with van der Waals surface area (Å²) in [7, 11) is 0. The van der Waals surface area contributed by atoms with Gasteiger partial charge in [-0.3, -0.25) is 4.79 Å². The monoisotopic (exact) mass is 315 g/mol. The van der Waals surface area contributed by atoms with Gasteiger partial charge in [0.1, 0.15) is 0 Å². The first-order valence-electron chi connectivity index (χ1n) is 7.39. The molecule has 0 saturated heterocycles. The maximum absolute atomic E-state index is 12.2. The highest BCUT2D eigenvalue weighted by Crippen LogP contribution is 2.21. The Labute approximate surface area is 135 Å². The van der Waals surface area contributed by atoms with Crippen molar-refractivity contribution >= 4 is 17.7 Å². The summed E-state index contributed by atoms with van der Waals surface area (Å²) in [6, 6.07) is 11.9. The topological polar surface area (TPSA) is 54.9 Å². The second-order valence-corrected chi connectivity index (χ2v) is 6.42. The van der Waals surface area contributed by atoms with Gasteiger partial charge in [0.25, 0.3) is 0 Å². The van der Waals surface area contributed by atoms with E-state index in [9.17, 15) is 4.79 Å². The summed E-state index contributed by atoms with van der Waals surface area (Å²) >= 11 is 1.35. The maximum atomic E-state index is 12.2. The smallest absolute Gasteiger partial charge is 0.230 e. The van der Waals surface area contributed by atoms with E-state index >= 15 is 0 Å². The highest BCUT2D eigenvalue weighted by molar-refractivity contribution is 7.99. The fourth-order valence-corrected chi connectivity index (χ4v) is 2.78. The van der Waals surface area contributed by atoms with Crippen molar-refractivity contribution in [2.24, 2.45) is 5.92 Å². The molecule has 1 unspecified atom stereocenters. The van der Waals surface area contributed by atoms with Crippen LogP contribution in [0.2, 0.25) is 0 Å². The molecule has 0 saturated carbocycles. The molecule has 1 aromatic heterocycles. The predicted molar refractivity (Wildman–Crippen MR) is 89.5 cm³/mol. The van der Waals surface area contributed by atoms with Crippen molar-refractivity contribution in [2.45, 2.75) is 31.5 Å². The quantitative estimate of drug-likeness (QED) is 0.628. The van der Waals surface area contributed by atoms with Gasteiger partial charge >= 0.3 is 0 Å². The van der Waals surface area contributed by atoms with Crippen LogP contribution in [0.25, 0.3) is 0 Å². The molecule has 0 aliphatic heterocycles. The summed E-state index contributed by atoms with van der Waals surface area (Å²) < 4.78 is 0. The van der Waals surface area contributed by atoms with Gasteiger partial charge in [-0.05, 0) is 24.0 Å². The minimum absolute atomic E-state index is 0.00644. The van der Waals surface area contributed by atoms with Crippen molar-refractivity contribution in [1.82, 2.24) is 15.3 Å². The van der Waals surface area contributed by atoms with Gasteiger partial charge in [-0.2, -0.15) is 0 Å². The Bertz CT molecular complexity index is 575. The minimum Gasteiger partial charge on any atom is -0.349 e. The molecular weight excluding hydrogens is 294 g/mol. The first kappa shape index (κ1) is 16.5. The van der Waals surface area contributed by atoms with Crippen LogP contribution in [0.1, 0.15) is 31.9 Å². The van der Waals surface area contributed by atoms with Gasteiger partial charge in [-0.15, -0.1) is 0 Å². The zero-order valence-electron chi connectivity index (χ0n) is 12.9. The summed E-state index contributed by atoms with van der Waals surface area (Å²) in [6.07, 6.45) is 4.28. The highest BCUT2D eigenvalue weighted by atomic mass is 32.2. The van der Waals surface area contributed by atoms with Gasteiger partial charge in [-0.1, -0.05) is 55.9 Å². The molecule has 2 aromatic rings. The number of carbonyl (C=O) groups excluding carboxylic acids is 1. The van der Waals surface area contributed by atoms with Crippen LogP contribution in [-0.4, -0.2) is 21.6 Å². The predicted octanol–water partition coefficient (Wildman–Crippen LogP) is 3.47. The molecule has 0 bridgehead atoms. The van der Waals surface area contributed by atoms with E-state index in [0.717, 1.165) is 12.0 Å². The summed E-state index contributed by atoms with van der Waals surface area (Å²) in [5, 5.41) is 3.74. The second kappa shape index (κ2) is 8.54. The minimum atomic E-state index is 0.00644. The molecule has 5 heteroatoms. The Balaban J connectivity index is 1.93. The number of hydrogen-bond donors (Lipinski definition) is 1. The molecule has 1 heterocycles. The first-order chi connectivity index (χ1) is 10.6. The third kappa shape index (κ3) is 5.48. The van der Waals surface area contributed by atoms with E-state index in [-0.39, 0.29) is 11.9 Å². The van der Waals surface area contributed by atoms with Crippen LogP contribution < -0.4 is 5.32 Å². The molecule has 1 amide bonds. The van der Waals surface area contributed by atoms with Crippen molar-refractivity contribution in [3.63, 3.8) is 0 Å². The average Bonchev–Trinajstić information content (AvgIpc) is 2.54. The number of nitrogens with zero attached hydrogens (tertiary/aromatic N) is 2. The summed E-state index contributed by atoms with van der Waals surface area (Å²) in [5.74, 6) is 0.841. The molecule has 1 N–H and O–H groups in total. The standard InChI is InChI=1S/C17H21N3OS/c1-13(2)11-15(14-7-4-3-5-8-14)20-16(21)12-22-17-18-9-6-10-19-17/h3-10,13,15H,11-12H2,1-2H3,(H,20,21). The fourth-order valence-electron chi connectivity index (χ4n) is 2.16. The number of nitrogens with one attached hydrogen (secondary N) is 1. The lowest BCUT2D eigenvalue weighted by molar-refractivity contribution is -0.119. The molecule has 1 aromatic carbocycles. The van der Waals surface area contributed by atoms with Gasteiger partial charge in [0.2, 0.25) is 5.91 Å². The van der Waals surface area contributed by atoms with Gasteiger partial charge < -0.3 is 5.32 Å². The normalized spacial score (nSPS) is 12.1. The van der Waals surface area contributed by atoms with Crippen LogP contribution in [0, 0.1) is 5.92 Å². The zero-order valence-corrected chi connectivity index (χ0v) is 13.7. The molecule has 0 radical (unpaired) electrons. The second-order valence-electron chi connectivity index (χ2n) is 5.48. The average molecular weight is 315 g/mol. The van der Waals surface area contributed by atoms with Crippen LogP contribution in [-0.2, 0) is 4.79 Å². The number of rotatable bonds is 7. The van der Waals surface area contributed by atoms with Crippen molar-refractivity contribution in [3.8, 4) is 0 Å². The zero-order chi connectivity index (χ0) is 15.8. The van der Waals surface area contributed by atoms with Gasteiger partial charge in [-0.25, -0.2) is 9.97 Å². The number of aromatic nitrogens is 2. The van der Waals surface area contributed by atoms with Crippen LogP contribution in [0.4, 0.5) is 0 Å². The van der Waals surface area contributed by atoms with Gasteiger partial charge in [0.15, 0.2) is 5.16 Å². The Kier molecular flexibility index (Phi) is 6.40. The molecule has 4 nitrogen and oxygen atoms in total. The Morgan fingerprint density at radius 3 is 2.45 bits per heavy atom. The lowest BCUT2D eigenvalue weighted by atomic mass is 9.97. The van der Waals surface area contributed by atoms with Gasteiger partial charge in [0.05, 0.1) is 11.8 Å². The van der Waals surface area contributed by atoms with Crippen LogP contribution in [0.5, 0.6) is 0 Å². The molecule has 1 atom stereocenters. The summed E-state index contributed by atoms with van der Waals surface area (Å²) in [5.41, 5.74) is 1.14. The highest BCUT2D eigenvalue weighted by Gasteiger charge is 2.16. The summed E-state index contributed by atoms with van der Waals surface area (Å²) in [6.45, 7) is 4.32. The Hall–Kier alpha value is -1.88. The number of hydrogen-bond acceptors (Lipinski definition) is 4. The van der Waals surface area contributed by atoms with Crippen molar-refractivity contribution in [3.05, 3.63) is 54.4 Å². The third-order valence-electron chi connectivity index (χ3n) is 3.12.